The third kappa shape index (κ3) is 5.52. The largest absolute Gasteiger partial charge is 0.493 e. The molecule has 3 nitrogen and oxygen atoms in total. The fraction of sp³-hybridized carbons (Fsp3) is 0.600. The Labute approximate surface area is 110 Å². The summed E-state index contributed by atoms with van der Waals surface area (Å²) in [7, 11) is 4.02. The molecule has 0 aliphatic carbocycles. The molecule has 1 aromatic rings. The second-order valence-corrected chi connectivity index (χ2v) is 5.39. The highest BCUT2D eigenvalue weighted by Crippen LogP contribution is 2.22. The average Bonchev–Trinajstić information content (AvgIpc) is 2.33. The fourth-order valence-corrected chi connectivity index (χ4v) is 1.62. The smallest absolute Gasteiger partial charge is 0.119 e. The molecule has 0 bridgehead atoms. The van der Waals surface area contributed by atoms with Gasteiger partial charge in [0, 0.05) is 6.54 Å². The molecule has 1 aromatic carbocycles. The number of hydrogen-bond donors (Lipinski definition) is 1. The zero-order chi connectivity index (χ0) is 13.5. The Morgan fingerprint density at radius 1 is 1.28 bits per heavy atom. The van der Waals surface area contributed by atoms with Gasteiger partial charge < -0.3 is 14.7 Å². The number of ether oxygens (including phenoxy) is 1. The number of hydrogen-bond acceptors (Lipinski definition) is 3. The van der Waals surface area contributed by atoms with Crippen LogP contribution in [-0.4, -0.2) is 37.3 Å². The van der Waals surface area contributed by atoms with Crippen LogP contribution in [0.5, 0.6) is 5.75 Å². The van der Waals surface area contributed by atoms with E-state index in [2.05, 4.69) is 18.7 Å². The molecule has 0 aliphatic heterocycles. The molecule has 0 aromatic heterocycles. The molecule has 0 amide bonds. The Balaban J connectivity index is 2.57. The lowest BCUT2D eigenvalue weighted by Crippen LogP contribution is -2.15. The number of aliphatic hydroxyl groups is 1. The van der Waals surface area contributed by atoms with E-state index >= 15 is 0 Å². The van der Waals surface area contributed by atoms with Crippen LogP contribution in [0.1, 0.15) is 31.9 Å². The molecule has 0 fully saturated rings. The number of aliphatic hydroxyl groups excluding tert-OH is 1. The lowest BCUT2D eigenvalue weighted by molar-refractivity contribution is 0.153. The molecular formula is C15H25NO2. The van der Waals surface area contributed by atoms with E-state index in [1.807, 2.05) is 38.4 Å². The molecule has 102 valence electrons. The topological polar surface area (TPSA) is 32.7 Å². The van der Waals surface area contributed by atoms with Gasteiger partial charge in [-0.1, -0.05) is 26.0 Å². The van der Waals surface area contributed by atoms with Gasteiger partial charge in [-0.25, -0.2) is 0 Å². The lowest BCUT2D eigenvalue weighted by atomic mass is 10.1. The Morgan fingerprint density at radius 3 is 2.61 bits per heavy atom. The molecule has 0 saturated carbocycles. The van der Waals surface area contributed by atoms with Crippen molar-refractivity contribution in [3.63, 3.8) is 0 Å². The van der Waals surface area contributed by atoms with Crippen molar-refractivity contribution in [2.75, 3.05) is 27.2 Å². The molecule has 0 heterocycles. The summed E-state index contributed by atoms with van der Waals surface area (Å²) in [5.41, 5.74) is 0.929. The fourth-order valence-electron chi connectivity index (χ4n) is 1.62. The Kier molecular flexibility index (Phi) is 6.16. The van der Waals surface area contributed by atoms with Gasteiger partial charge in [0.2, 0.25) is 0 Å². The first-order chi connectivity index (χ1) is 8.49. The summed E-state index contributed by atoms with van der Waals surface area (Å²) in [4.78, 5) is 2.07. The number of rotatable bonds is 7. The van der Waals surface area contributed by atoms with Crippen LogP contribution in [0.2, 0.25) is 0 Å². The molecule has 0 aliphatic rings. The normalized spacial score (nSPS) is 13.1. The highest BCUT2D eigenvalue weighted by molar-refractivity contribution is 5.29. The van der Waals surface area contributed by atoms with Gasteiger partial charge in [-0.15, -0.1) is 0 Å². The lowest BCUT2D eigenvalue weighted by Gasteiger charge is -2.16. The first kappa shape index (κ1) is 15.0. The third-order valence-electron chi connectivity index (χ3n) is 2.68. The van der Waals surface area contributed by atoms with Gasteiger partial charge in [-0.05, 0) is 44.1 Å². The van der Waals surface area contributed by atoms with E-state index in [9.17, 15) is 5.11 Å². The van der Waals surface area contributed by atoms with Crippen molar-refractivity contribution >= 4 is 0 Å². The maximum atomic E-state index is 10.1. The second kappa shape index (κ2) is 7.39. The van der Waals surface area contributed by atoms with Gasteiger partial charge in [-0.2, -0.15) is 0 Å². The predicted molar refractivity (Wildman–Crippen MR) is 74.9 cm³/mol. The average molecular weight is 251 g/mol. The van der Waals surface area contributed by atoms with Gasteiger partial charge >= 0.3 is 0 Å². The van der Waals surface area contributed by atoms with Crippen LogP contribution in [-0.2, 0) is 0 Å². The Hall–Kier alpha value is -1.06. The van der Waals surface area contributed by atoms with E-state index in [0.29, 0.717) is 12.5 Å². The molecule has 0 saturated heterocycles. The molecular weight excluding hydrogens is 226 g/mol. The van der Waals surface area contributed by atoms with Gasteiger partial charge in [0.05, 0.1) is 12.7 Å². The second-order valence-electron chi connectivity index (χ2n) is 5.39. The predicted octanol–water partition coefficient (Wildman–Crippen LogP) is 2.71. The van der Waals surface area contributed by atoms with Crippen molar-refractivity contribution in [2.45, 2.75) is 26.4 Å². The van der Waals surface area contributed by atoms with Crippen molar-refractivity contribution in [1.82, 2.24) is 4.90 Å². The summed E-state index contributed by atoms with van der Waals surface area (Å²) in [6.45, 7) is 5.82. The zero-order valence-corrected chi connectivity index (χ0v) is 11.9. The van der Waals surface area contributed by atoms with E-state index in [0.717, 1.165) is 24.3 Å². The molecule has 1 rings (SSSR count). The van der Waals surface area contributed by atoms with E-state index < -0.39 is 6.10 Å². The summed E-state index contributed by atoms with van der Waals surface area (Å²) < 4.78 is 5.66. The Bertz CT molecular complexity index is 350. The molecule has 1 unspecified atom stereocenters. The monoisotopic (exact) mass is 251 g/mol. The van der Waals surface area contributed by atoms with Crippen LogP contribution >= 0.6 is 0 Å². The van der Waals surface area contributed by atoms with Crippen molar-refractivity contribution in [3.05, 3.63) is 29.8 Å². The highest BCUT2D eigenvalue weighted by atomic mass is 16.5. The summed E-state index contributed by atoms with van der Waals surface area (Å²) in [5, 5.41) is 10.1. The van der Waals surface area contributed by atoms with Crippen LogP contribution in [0.3, 0.4) is 0 Å². The molecule has 0 radical (unpaired) electrons. The minimum absolute atomic E-state index is 0.421. The van der Waals surface area contributed by atoms with E-state index in [-0.39, 0.29) is 0 Å². The first-order valence-electron chi connectivity index (χ1n) is 6.54. The van der Waals surface area contributed by atoms with Crippen molar-refractivity contribution < 1.29 is 9.84 Å². The SMILES string of the molecule is CC(C)COc1cccc(C(O)CCN(C)C)c1. The van der Waals surface area contributed by atoms with E-state index in [1.165, 1.54) is 0 Å². The summed E-state index contributed by atoms with van der Waals surface area (Å²) in [6, 6.07) is 7.75. The summed E-state index contributed by atoms with van der Waals surface area (Å²) in [6.07, 6.45) is 0.315. The van der Waals surface area contributed by atoms with Crippen molar-refractivity contribution in [3.8, 4) is 5.75 Å². The maximum absolute atomic E-state index is 10.1. The van der Waals surface area contributed by atoms with Crippen LogP contribution in [0, 0.1) is 5.92 Å². The van der Waals surface area contributed by atoms with Crippen LogP contribution in [0.15, 0.2) is 24.3 Å². The van der Waals surface area contributed by atoms with Crippen LogP contribution < -0.4 is 4.74 Å². The highest BCUT2D eigenvalue weighted by Gasteiger charge is 2.09. The van der Waals surface area contributed by atoms with Gasteiger partial charge in [0.1, 0.15) is 5.75 Å². The standard InChI is InChI=1S/C15H25NO2/c1-12(2)11-18-14-7-5-6-13(10-14)15(17)8-9-16(3)4/h5-7,10,12,15,17H,8-9,11H2,1-4H3. The maximum Gasteiger partial charge on any atom is 0.119 e. The van der Waals surface area contributed by atoms with Crippen LogP contribution in [0.25, 0.3) is 0 Å². The number of nitrogens with zero attached hydrogens (tertiary/aromatic N) is 1. The van der Waals surface area contributed by atoms with E-state index in [4.69, 9.17) is 4.74 Å². The zero-order valence-electron chi connectivity index (χ0n) is 11.9. The molecule has 3 heteroatoms. The van der Waals surface area contributed by atoms with Crippen molar-refractivity contribution in [2.24, 2.45) is 5.92 Å². The molecule has 0 spiro atoms. The Morgan fingerprint density at radius 2 is 2.00 bits per heavy atom. The van der Waals surface area contributed by atoms with Crippen molar-refractivity contribution in [1.29, 1.82) is 0 Å². The van der Waals surface area contributed by atoms with Gasteiger partial charge in [-0.3, -0.25) is 0 Å². The molecule has 1 atom stereocenters. The number of benzene rings is 1. The van der Waals surface area contributed by atoms with E-state index in [1.54, 1.807) is 0 Å². The van der Waals surface area contributed by atoms with Gasteiger partial charge in [0.25, 0.3) is 0 Å². The minimum Gasteiger partial charge on any atom is -0.493 e. The van der Waals surface area contributed by atoms with Gasteiger partial charge in [0.15, 0.2) is 0 Å². The summed E-state index contributed by atoms with van der Waals surface area (Å²) >= 11 is 0. The third-order valence-corrected chi connectivity index (χ3v) is 2.68. The minimum atomic E-state index is -0.421. The van der Waals surface area contributed by atoms with Crippen LogP contribution in [0.4, 0.5) is 0 Å². The molecule has 1 N–H and O–H groups in total. The first-order valence-corrected chi connectivity index (χ1v) is 6.54. The summed E-state index contributed by atoms with van der Waals surface area (Å²) in [5.74, 6) is 1.34. The quantitative estimate of drug-likeness (QED) is 0.808. The molecule has 18 heavy (non-hydrogen) atoms.